The van der Waals surface area contributed by atoms with Gasteiger partial charge in [0, 0.05) is 16.5 Å². The van der Waals surface area contributed by atoms with E-state index >= 15 is 0 Å². The molecule has 0 spiro atoms. The predicted molar refractivity (Wildman–Crippen MR) is 55.9 cm³/mol. The van der Waals surface area contributed by atoms with Gasteiger partial charge in [-0.05, 0) is 12.8 Å². The summed E-state index contributed by atoms with van der Waals surface area (Å²) in [4.78, 5) is 0. The summed E-state index contributed by atoms with van der Waals surface area (Å²) in [6.45, 7) is 7.40. The normalized spacial score (nSPS) is 10.5. The summed E-state index contributed by atoms with van der Waals surface area (Å²) in [6.07, 6.45) is 16.1. The van der Waals surface area contributed by atoms with Gasteiger partial charge in [-0.2, -0.15) is 0 Å². The van der Waals surface area contributed by atoms with Crippen LogP contribution in [0.5, 0.6) is 0 Å². The number of hydrogen-bond donors (Lipinski definition) is 0. The maximum absolute atomic E-state index is 5.16. The first-order chi connectivity index (χ1) is 5.91. The number of unbranched alkanes of at least 4 members (excludes halogenated alkanes) is 4. The van der Waals surface area contributed by atoms with Crippen LogP contribution in [-0.4, -0.2) is 0 Å². The van der Waals surface area contributed by atoms with E-state index in [0.29, 0.717) is 0 Å². The third-order valence-electron chi connectivity index (χ3n) is 1.69. The minimum absolute atomic E-state index is 0. The molecule has 0 aliphatic rings. The van der Waals surface area contributed by atoms with Crippen molar-refractivity contribution in [2.75, 3.05) is 0 Å². The zero-order valence-corrected chi connectivity index (χ0v) is 9.30. The predicted octanol–water partition coefficient (Wildman–Crippen LogP) is 4.06. The van der Waals surface area contributed by atoms with E-state index in [1.165, 1.54) is 32.1 Å². The molecule has 0 heterocycles. The van der Waals surface area contributed by atoms with Gasteiger partial charge in [0.2, 0.25) is 0 Å². The van der Waals surface area contributed by atoms with E-state index in [1.54, 1.807) is 6.08 Å². The van der Waals surface area contributed by atoms with Gasteiger partial charge in [-0.25, -0.2) is 12.2 Å². The topological polar surface area (TPSA) is 0 Å². The molecule has 13 heavy (non-hydrogen) atoms. The standard InChI is InChI=1S/C12H19.Ni/c1-3-5-7-9-11-12-10-8-6-4-2;/h1,3,5,7,9,11H,4,6,8,10,12H2,2H3;/q-1;. The average molecular weight is 222 g/mol. The van der Waals surface area contributed by atoms with E-state index in [1.807, 2.05) is 12.2 Å². The molecule has 0 bridgehead atoms. The molecule has 0 unspecified atom stereocenters. The Bertz CT molecular complexity index is 145. The van der Waals surface area contributed by atoms with Crippen molar-refractivity contribution in [1.29, 1.82) is 0 Å². The molecule has 0 nitrogen and oxygen atoms in total. The van der Waals surface area contributed by atoms with Crippen molar-refractivity contribution in [3.05, 3.63) is 37.0 Å². The van der Waals surface area contributed by atoms with Crippen molar-refractivity contribution in [1.82, 2.24) is 0 Å². The van der Waals surface area contributed by atoms with Crippen LogP contribution in [0.4, 0.5) is 0 Å². The van der Waals surface area contributed by atoms with E-state index in [4.69, 9.17) is 6.58 Å². The van der Waals surface area contributed by atoms with Crippen molar-refractivity contribution >= 4 is 0 Å². The summed E-state index contributed by atoms with van der Waals surface area (Å²) in [5, 5.41) is 0. The third-order valence-corrected chi connectivity index (χ3v) is 1.69. The van der Waals surface area contributed by atoms with Crippen LogP contribution in [-0.2, 0) is 16.5 Å². The molecule has 0 aliphatic carbocycles. The zero-order chi connectivity index (χ0) is 9.07. The Hall–Kier alpha value is -0.286. The van der Waals surface area contributed by atoms with Crippen molar-refractivity contribution < 1.29 is 16.5 Å². The number of rotatable bonds is 7. The fourth-order valence-electron chi connectivity index (χ4n) is 0.992. The van der Waals surface area contributed by atoms with Gasteiger partial charge in [0.05, 0.1) is 0 Å². The van der Waals surface area contributed by atoms with Crippen LogP contribution in [0, 0.1) is 6.58 Å². The van der Waals surface area contributed by atoms with E-state index in [9.17, 15) is 0 Å². The second-order valence-corrected chi connectivity index (χ2v) is 2.85. The van der Waals surface area contributed by atoms with Gasteiger partial charge in [0.25, 0.3) is 0 Å². The average Bonchev–Trinajstić information content (AvgIpc) is 2.10. The van der Waals surface area contributed by atoms with Gasteiger partial charge in [0.15, 0.2) is 0 Å². The van der Waals surface area contributed by atoms with Gasteiger partial charge >= 0.3 is 0 Å². The molecule has 0 aliphatic heterocycles. The molecule has 0 atom stereocenters. The Kier molecular flexibility index (Phi) is 16.7. The molecule has 0 amide bonds. The van der Waals surface area contributed by atoms with E-state index < -0.39 is 0 Å². The smallest absolute Gasteiger partial charge is 0 e. The third kappa shape index (κ3) is 14.6. The Labute approximate surface area is 92.7 Å². The van der Waals surface area contributed by atoms with E-state index in [2.05, 4.69) is 19.1 Å². The van der Waals surface area contributed by atoms with Crippen LogP contribution in [0.15, 0.2) is 30.4 Å². The van der Waals surface area contributed by atoms with Crippen LogP contribution in [0.1, 0.15) is 39.0 Å². The van der Waals surface area contributed by atoms with Crippen LogP contribution in [0.25, 0.3) is 0 Å². The molecule has 0 fully saturated rings. The summed E-state index contributed by atoms with van der Waals surface area (Å²) in [6, 6.07) is 0. The summed E-state index contributed by atoms with van der Waals surface area (Å²) < 4.78 is 0. The summed E-state index contributed by atoms with van der Waals surface area (Å²) in [5.41, 5.74) is 0. The Morgan fingerprint density at radius 2 is 1.77 bits per heavy atom. The van der Waals surface area contributed by atoms with Crippen molar-refractivity contribution in [3.63, 3.8) is 0 Å². The van der Waals surface area contributed by atoms with Gasteiger partial charge in [-0.1, -0.05) is 38.3 Å². The summed E-state index contributed by atoms with van der Waals surface area (Å²) in [5.74, 6) is 0. The minimum atomic E-state index is 0. The molecule has 0 saturated carbocycles. The fraction of sp³-hybridized carbons (Fsp3) is 0.500. The van der Waals surface area contributed by atoms with Crippen LogP contribution < -0.4 is 0 Å². The summed E-state index contributed by atoms with van der Waals surface area (Å²) in [7, 11) is 0. The molecule has 0 radical (unpaired) electrons. The molecule has 78 valence electrons. The number of hydrogen-bond acceptors (Lipinski definition) is 0. The molecular weight excluding hydrogens is 203 g/mol. The molecule has 0 N–H and O–H groups in total. The van der Waals surface area contributed by atoms with Gasteiger partial charge in [-0.3, -0.25) is 6.58 Å². The molecular formula is C12H19Ni-. The van der Waals surface area contributed by atoms with Crippen molar-refractivity contribution in [3.8, 4) is 0 Å². The van der Waals surface area contributed by atoms with Crippen molar-refractivity contribution in [2.24, 2.45) is 0 Å². The molecule has 0 aromatic rings. The van der Waals surface area contributed by atoms with Gasteiger partial charge in [-0.15, -0.1) is 6.08 Å². The Balaban J connectivity index is 0. The number of allylic oxidation sites excluding steroid dienone is 5. The Morgan fingerprint density at radius 1 is 1.00 bits per heavy atom. The second-order valence-electron chi connectivity index (χ2n) is 2.85. The SMILES string of the molecule is [CH-]=CC=CC=CCCCCCC.[Ni]. The van der Waals surface area contributed by atoms with E-state index in [0.717, 1.165) is 0 Å². The second kappa shape index (κ2) is 14.2. The van der Waals surface area contributed by atoms with Crippen LogP contribution >= 0.6 is 0 Å². The molecule has 0 aromatic heterocycles. The maximum Gasteiger partial charge on any atom is 0 e. The Morgan fingerprint density at radius 3 is 2.38 bits per heavy atom. The maximum atomic E-state index is 5.16. The van der Waals surface area contributed by atoms with Gasteiger partial charge < -0.3 is 0 Å². The quantitative estimate of drug-likeness (QED) is 0.263. The molecule has 1 heteroatoms. The molecule has 0 saturated heterocycles. The fourth-order valence-corrected chi connectivity index (χ4v) is 0.992. The van der Waals surface area contributed by atoms with E-state index in [-0.39, 0.29) is 16.5 Å². The first-order valence-electron chi connectivity index (χ1n) is 4.78. The first-order valence-corrected chi connectivity index (χ1v) is 4.78. The minimum Gasteiger partial charge on any atom is -0.293 e. The largest absolute Gasteiger partial charge is 0.293 e. The van der Waals surface area contributed by atoms with Crippen LogP contribution in [0.2, 0.25) is 0 Å². The van der Waals surface area contributed by atoms with Gasteiger partial charge in [0.1, 0.15) is 0 Å². The molecule has 0 rings (SSSR count). The summed E-state index contributed by atoms with van der Waals surface area (Å²) >= 11 is 0. The van der Waals surface area contributed by atoms with Crippen LogP contribution in [0.3, 0.4) is 0 Å². The first kappa shape index (κ1) is 15.2. The molecule has 0 aromatic carbocycles. The zero-order valence-electron chi connectivity index (χ0n) is 8.32. The van der Waals surface area contributed by atoms with Crippen molar-refractivity contribution in [2.45, 2.75) is 39.0 Å². The monoisotopic (exact) mass is 221 g/mol.